The number of primary amides is 1. The Hall–Kier alpha value is -2.18. The summed E-state index contributed by atoms with van der Waals surface area (Å²) in [5, 5.41) is 8.95. The van der Waals surface area contributed by atoms with E-state index in [0.717, 1.165) is 6.08 Å². The lowest BCUT2D eigenvalue weighted by Crippen LogP contribution is -2.45. The fourth-order valence-corrected chi connectivity index (χ4v) is 1.54. The van der Waals surface area contributed by atoms with Gasteiger partial charge in [-0.1, -0.05) is 0 Å². The van der Waals surface area contributed by atoms with Crippen molar-refractivity contribution in [3.63, 3.8) is 0 Å². The van der Waals surface area contributed by atoms with Crippen LogP contribution < -0.4 is 5.73 Å². The van der Waals surface area contributed by atoms with Gasteiger partial charge in [0, 0.05) is 18.1 Å². The van der Waals surface area contributed by atoms with E-state index >= 15 is 0 Å². The highest BCUT2D eigenvalue weighted by Gasteiger charge is 2.38. The van der Waals surface area contributed by atoms with Crippen LogP contribution in [0.3, 0.4) is 0 Å². The molecule has 92 valence electrons. The number of nitrogens with two attached hydrogens (primary N) is 1. The maximum absolute atomic E-state index is 11.6. The monoisotopic (exact) mass is 240 g/mol. The molecule has 0 radical (unpaired) electrons. The highest BCUT2D eigenvalue weighted by Crippen LogP contribution is 2.18. The summed E-state index contributed by atoms with van der Waals surface area (Å²) in [4.78, 5) is 45.2. The molecule has 1 unspecified atom stereocenters. The van der Waals surface area contributed by atoms with Gasteiger partial charge in [-0.2, -0.15) is 0 Å². The van der Waals surface area contributed by atoms with E-state index in [1.54, 1.807) is 0 Å². The molecule has 1 atom stereocenters. The zero-order valence-corrected chi connectivity index (χ0v) is 9.17. The van der Waals surface area contributed by atoms with Crippen LogP contribution in [0.2, 0.25) is 0 Å². The molecule has 3 amide bonds. The lowest BCUT2D eigenvalue weighted by molar-refractivity contribution is -0.154. The Kier molecular flexibility index (Phi) is 3.62. The van der Waals surface area contributed by atoms with Crippen molar-refractivity contribution in [1.29, 1.82) is 0 Å². The second kappa shape index (κ2) is 4.77. The largest absolute Gasteiger partial charge is 0.480 e. The van der Waals surface area contributed by atoms with Crippen molar-refractivity contribution in [2.24, 2.45) is 5.73 Å². The van der Waals surface area contributed by atoms with Crippen molar-refractivity contribution in [3.8, 4) is 0 Å². The number of hydrogen-bond acceptors (Lipinski definition) is 4. The van der Waals surface area contributed by atoms with Crippen LogP contribution in [0.15, 0.2) is 11.6 Å². The zero-order chi connectivity index (χ0) is 13.2. The van der Waals surface area contributed by atoms with E-state index in [0.29, 0.717) is 4.90 Å². The van der Waals surface area contributed by atoms with E-state index < -0.39 is 29.7 Å². The highest BCUT2D eigenvalue weighted by molar-refractivity contribution is 6.17. The molecule has 1 aliphatic rings. The molecule has 7 nitrogen and oxygen atoms in total. The highest BCUT2D eigenvalue weighted by atomic mass is 16.4. The van der Waals surface area contributed by atoms with Gasteiger partial charge in [-0.25, -0.2) is 4.79 Å². The van der Waals surface area contributed by atoms with Crippen molar-refractivity contribution in [2.75, 3.05) is 0 Å². The van der Waals surface area contributed by atoms with E-state index in [9.17, 15) is 19.2 Å². The van der Waals surface area contributed by atoms with Crippen LogP contribution >= 0.6 is 0 Å². The van der Waals surface area contributed by atoms with E-state index in [1.165, 1.54) is 6.92 Å². The van der Waals surface area contributed by atoms with Crippen molar-refractivity contribution in [2.45, 2.75) is 25.8 Å². The summed E-state index contributed by atoms with van der Waals surface area (Å²) in [6, 6.07) is -1.35. The lowest BCUT2D eigenvalue weighted by Gasteiger charge is -2.22. The first-order valence-electron chi connectivity index (χ1n) is 4.91. The molecule has 1 heterocycles. The first-order valence-corrected chi connectivity index (χ1v) is 4.91. The van der Waals surface area contributed by atoms with Crippen molar-refractivity contribution < 1.29 is 24.3 Å². The second-order valence-corrected chi connectivity index (χ2v) is 3.70. The van der Waals surface area contributed by atoms with Crippen LogP contribution in [0, 0.1) is 0 Å². The summed E-state index contributed by atoms with van der Waals surface area (Å²) in [6.07, 6.45) is 0.693. The van der Waals surface area contributed by atoms with Crippen LogP contribution in [0.5, 0.6) is 0 Å². The van der Waals surface area contributed by atoms with Crippen LogP contribution in [0.4, 0.5) is 0 Å². The Morgan fingerprint density at radius 1 is 1.47 bits per heavy atom. The normalized spacial score (nSPS) is 17.0. The van der Waals surface area contributed by atoms with Gasteiger partial charge in [-0.05, 0) is 13.3 Å². The quantitative estimate of drug-likeness (QED) is 0.599. The van der Waals surface area contributed by atoms with E-state index in [-0.39, 0.29) is 18.4 Å². The topological polar surface area (TPSA) is 118 Å². The molecular formula is C10H12N2O5. The number of amides is 3. The van der Waals surface area contributed by atoms with Crippen LogP contribution in [-0.2, 0) is 19.2 Å². The third-order valence-corrected chi connectivity index (χ3v) is 2.39. The third-order valence-electron chi connectivity index (χ3n) is 2.39. The Bertz CT molecular complexity index is 426. The molecule has 0 saturated heterocycles. The number of carbonyl (C=O) groups is 4. The average Bonchev–Trinajstić information content (AvgIpc) is 2.44. The summed E-state index contributed by atoms with van der Waals surface area (Å²) in [5.74, 6) is -3.34. The number of aliphatic carboxylic acids is 1. The summed E-state index contributed by atoms with van der Waals surface area (Å²) < 4.78 is 0. The molecule has 0 aromatic rings. The Balaban J connectivity index is 2.86. The minimum absolute atomic E-state index is 0.177. The van der Waals surface area contributed by atoms with Gasteiger partial charge >= 0.3 is 5.97 Å². The molecule has 0 spiro atoms. The molecule has 7 heteroatoms. The minimum Gasteiger partial charge on any atom is -0.480 e. The van der Waals surface area contributed by atoms with Gasteiger partial charge in [0.05, 0.1) is 0 Å². The number of rotatable bonds is 5. The van der Waals surface area contributed by atoms with Gasteiger partial charge in [0.15, 0.2) is 0 Å². The Morgan fingerprint density at radius 3 is 2.41 bits per heavy atom. The molecular weight excluding hydrogens is 228 g/mol. The van der Waals surface area contributed by atoms with E-state index in [1.807, 2.05) is 0 Å². The predicted octanol–water partition coefficient (Wildman–Crippen LogP) is -0.980. The first-order chi connectivity index (χ1) is 7.84. The maximum Gasteiger partial charge on any atom is 0.326 e. The minimum atomic E-state index is -1.35. The van der Waals surface area contributed by atoms with Gasteiger partial charge < -0.3 is 10.8 Å². The average molecular weight is 240 g/mol. The van der Waals surface area contributed by atoms with Crippen molar-refractivity contribution in [1.82, 2.24) is 4.90 Å². The number of imide groups is 1. The molecule has 0 fully saturated rings. The van der Waals surface area contributed by atoms with Crippen LogP contribution in [-0.4, -0.2) is 39.7 Å². The van der Waals surface area contributed by atoms with Gasteiger partial charge in [-0.3, -0.25) is 19.3 Å². The fourth-order valence-electron chi connectivity index (χ4n) is 1.54. The van der Waals surface area contributed by atoms with Crippen molar-refractivity contribution in [3.05, 3.63) is 11.6 Å². The smallest absolute Gasteiger partial charge is 0.326 e. The molecule has 0 saturated carbocycles. The van der Waals surface area contributed by atoms with E-state index in [4.69, 9.17) is 10.8 Å². The lowest BCUT2D eigenvalue weighted by atomic mass is 10.1. The number of carboxylic acids is 1. The van der Waals surface area contributed by atoms with Gasteiger partial charge in [-0.15, -0.1) is 0 Å². The fraction of sp³-hybridized carbons (Fsp3) is 0.400. The van der Waals surface area contributed by atoms with Gasteiger partial charge in [0.1, 0.15) is 6.04 Å². The zero-order valence-electron chi connectivity index (χ0n) is 9.17. The predicted molar refractivity (Wildman–Crippen MR) is 55.5 cm³/mol. The molecule has 0 bridgehead atoms. The first kappa shape index (κ1) is 12.9. The second-order valence-electron chi connectivity index (χ2n) is 3.70. The number of carboxylic acid groups (broad SMARTS) is 1. The summed E-state index contributed by atoms with van der Waals surface area (Å²) in [5.41, 5.74) is 5.08. The number of nitrogens with zero attached hydrogens (tertiary/aromatic N) is 1. The Morgan fingerprint density at radius 2 is 2.06 bits per heavy atom. The van der Waals surface area contributed by atoms with Crippen LogP contribution in [0.25, 0.3) is 0 Å². The number of carbonyl (C=O) groups excluding carboxylic acids is 3. The SMILES string of the molecule is CC1=CC(=O)N(C(CCC(N)=O)C(=O)O)C1=O. The molecule has 1 aliphatic heterocycles. The Labute approximate surface area is 96.9 Å². The third kappa shape index (κ3) is 2.68. The molecule has 0 aromatic carbocycles. The summed E-state index contributed by atoms with van der Waals surface area (Å²) >= 11 is 0. The molecule has 0 aromatic heterocycles. The van der Waals surface area contributed by atoms with Gasteiger partial charge in [0.2, 0.25) is 5.91 Å². The van der Waals surface area contributed by atoms with E-state index in [2.05, 4.69) is 0 Å². The summed E-state index contributed by atoms with van der Waals surface area (Å²) in [7, 11) is 0. The number of hydrogen-bond donors (Lipinski definition) is 2. The summed E-state index contributed by atoms with van der Waals surface area (Å²) in [6.45, 7) is 1.42. The molecule has 1 rings (SSSR count). The molecule has 0 aliphatic carbocycles. The molecule has 17 heavy (non-hydrogen) atoms. The van der Waals surface area contributed by atoms with Crippen LogP contribution in [0.1, 0.15) is 19.8 Å². The van der Waals surface area contributed by atoms with Gasteiger partial charge in [0.25, 0.3) is 11.8 Å². The maximum atomic E-state index is 11.6. The standard InChI is InChI=1S/C10H12N2O5/c1-5-4-8(14)12(9(5)15)6(10(16)17)2-3-7(11)13/h4,6H,2-3H2,1H3,(H2,11,13)(H,16,17). The molecule has 3 N–H and O–H groups in total. The van der Waals surface area contributed by atoms with Crippen molar-refractivity contribution >= 4 is 23.7 Å².